The van der Waals surface area contributed by atoms with Crippen LogP contribution in [-0.2, 0) is 24.6 Å². The van der Waals surface area contributed by atoms with E-state index in [1.54, 1.807) is 0 Å². The van der Waals surface area contributed by atoms with Crippen LogP contribution in [0.4, 0.5) is 0 Å². The molecule has 38 heavy (non-hydrogen) atoms. The van der Waals surface area contributed by atoms with E-state index in [9.17, 15) is 9.90 Å². The fraction of sp³-hybridized carbons (Fsp3) is 0.519. The summed E-state index contributed by atoms with van der Waals surface area (Å²) < 4.78 is 10.7. The second kappa shape index (κ2) is 23.7. The molecule has 2 aromatic rings. The molecule has 3 rings (SSSR count). The van der Waals surface area contributed by atoms with E-state index in [4.69, 9.17) is 40.3 Å². The summed E-state index contributed by atoms with van der Waals surface area (Å²) in [6.45, 7) is 11.8. The Balaban J connectivity index is -0.000000216. The van der Waals surface area contributed by atoms with E-state index in [0.717, 1.165) is 11.1 Å². The van der Waals surface area contributed by atoms with E-state index in [1.807, 2.05) is 102 Å². The fourth-order valence-corrected chi connectivity index (χ4v) is 3.23. The largest absolute Gasteiger partial charge is 0 e. The second-order valence-corrected chi connectivity index (χ2v) is 11.8. The zero-order valence-corrected chi connectivity index (χ0v) is 29.3. The summed E-state index contributed by atoms with van der Waals surface area (Å²) in [4.78, 5) is 11.3. The number of hydrogen-bond donors (Lipinski definition) is 1. The molecule has 3 N–H and O–H groups in total. The molecule has 1 saturated heterocycles. The fourth-order valence-electron chi connectivity index (χ4n) is 3.23. The minimum Gasteiger partial charge on any atom is 0 e. The topological polar surface area (TPSA) is 103 Å². The maximum Gasteiger partial charge on any atom is 0 e. The Bertz CT molecular complexity index is 831. The van der Waals surface area contributed by atoms with Crippen LogP contribution >= 0.6 is 39.2 Å². The number of hydrogen-bond acceptors (Lipinski definition) is 4. The first-order valence-electron chi connectivity index (χ1n) is 11.8. The van der Waals surface area contributed by atoms with Crippen molar-refractivity contribution in [3.8, 4) is 0 Å². The molecule has 2 aromatic carbocycles. The molecule has 0 aromatic heterocycles. The van der Waals surface area contributed by atoms with Crippen LogP contribution in [0.15, 0.2) is 60.7 Å². The molecule has 1 fully saturated rings. The first-order valence-corrected chi connectivity index (χ1v) is 16.2. The molecule has 5 atom stereocenters. The Morgan fingerprint density at radius 3 is 1.61 bits per heavy atom. The van der Waals surface area contributed by atoms with Crippen LogP contribution in [0.2, 0.25) is 0 Å². The maximum absolute atomic E-state index is 11.3. The van der Waals surface area contributed by atoms with Crippen LogP contribution in [-0.4, -0.2) is 42.0 Å². The number of aliphatic hydroxyl groups is 1. The van der Waals surface area contributed by atoms with Crippen molar-refractivity contribution in [1.82, 2.24) is 0 Å². The number of carbonyl (C=O) groups excluding carboxylic acids is 1. The van der Waals surface area contributed by atoms with E-state index in [0.29, 0.717) is 0 Å². The van der Waals surface area contributed by atoms with Crippen molar-refractivity contribution < 1.29 is 35.9 Å². The van der Waals surface area contributed by atoms with Gasteiger partial charge in [-0.15, -0.1) is 13.1 Å². The Kier molecular flexibility index (Phi) is 26.4. The number of rotatable bonds is 6. The Hall–Kier alpha value is -0.0266. The molecule has 5 unspecified atom stereocenters. The summed E-state index contributed by atoms with van der Waals surface area (Å²) in [6.07, 6.45) is -0.763. The molecule has 0 aliphatic carbocycles. The van der Waals surface area contributed by atoms with Crippen LogP contribution in [0.5, 0.6) is 0 Å². The van der Waals surface area contributed by atoms with Crippen molar-refractivity contribution in [2.45, 2.75) is 65.6 Å². The van der Waals surface area contributed by atoms with Gasteiger partial charge in [0.15, 0.2) is 11.6 Å². The molecular formula is C27H48Cl2N2O4P2Ru. The summed E-state index contributed by atoms with van der Waals surface area (Å²) in [5.74, 6) is -0.00218. The monoisotopic (exact) mass is 698 g/mol. The van der Waals surface area contributed by atoms with Gasteiger partial charge in [0, 0.05) is 12.9 Å². The predicted molar refractivity (Wildman–Crippen MR) is 170 cm³/mol. The van der Waals surface area contributed by atoms with Gasteiger partial charge in [0.1, 0.15) is 0 Å². The van der Waals surface area contributed by atoms with E-state index < -0.39 is 5.79 Å². The summed E-state index contributed by atoms with van der Waals surface area (Å²) >= 11 is -0.346. The molecule has 1 aliphatic heterocycles. The van der Waals surface area contributed by atoms with Gasteiger partial charge in [-0.1, -0.05) is 88.4 Å². The second-order valence-electron chi connectivity index (χ2n) is 9.16. The smallest absolute Gasteiger partial charge is 0 e. The molecule has 6 nitrogen and oxygen atoms in total. The normalized spacial score (nSPS) is 17.7. The molecule has 1 aliphatic rings. The maximum atomic E-state index is 11.3. The van der Waals surface area contributed by atoms with Gasteiger partial charge in [0.2, 0.25) is 0 Å². The summed E-state index contributed by atoms with van der Waals surface area (Å²) in [6, 6.07) is 19.1. The van der Waals surface area contributed by atoms with Crippen LogP contribution in [0, 0.1) is 11.8 Å². The number of benzene rings is 2. The first-order chi connectivity index (χ1) is 16.9. The molecule has 1 heterocycles. The van der Waals surface area contributed by atoms with Gasteiger partial charge in [0.05, 0.1) is 18.3 Å². The zero-order valence-electron chi connectivity index (χ0n) is 23.3. The third-order valence-electron chi connectivity index (χ3n) is 5.04. The van der Waals surface area contributed by atoms with Gasteiger partial charge in [-0.25, -0.2) is 0 Å². The minimum absolute atomic E-state index is 0. The van der Waals surface area contributed by atoms with Crippen molar-refractivity contribution in [2.75, 3.05) is 13.1 Å². The molecule has 0 bridgehead atoms. The number of nitrogens with one attached hydrogen (secondary N) is 2. The molecule has 0 saturated carbocycles. The van der Waals surface area contributed by atoms with E-state index in [1.165, 1.54) is 0 Å². The van der Waals surface area contributed by atoms with Gasteiger partial charge < -0.3 is 26.0 Å². The average molecular weight is 699 g/mol. The number of ketones is 1. The van der Waals surface area contributed by atoms with E-state index >= 15 is 0 Å². The molecule has 0 spiro atoms. The first kappa shape index (κ1) is 42.4. The average Bonchev–Trinajstić information content (AvgIpc) is 3.19. The minimum atomic E-state index is -0.600. The summed E-state index contributed by atoms with van der Waals surface area (Å²) in [7, 11) is 9.71. The molecule has 0 radical (unpaired) electrons. The van der Waals surface area contributed by atoms with Crippen LogP contribution in [0.3, 0.4) is 0 Å². The molecule has 11 heteroatoms. The zero-order chi connectivity index (χ0) is 27.7. The van der Waals surface area contributed by atoms with E-state index in [-0.39, 0.29) is 85.4 Å². The van der Waals surface area contributed by atoms with Crippen molar-refractivity contribution in [3.63, 3.8) is 0 Å². The van der Waals surface area contributed by atoms with Gasteiger partial charge in [-0.05, 0) is 25.3 Å². The number of carbonyl (C=O) groups is 1. The standard InChI is InChI=1S/C10H14O.C10H12O.C7H14N2O2.2ClH.2H3P.Ru.H2/c2*1-8(2)10(11)9-6-4-3-5-7-9;1-7(2)10-5(3-8)6(4-9)11-7;;;;;;/h3-8,10-11H,1-2H3;3-8H,1-2H3;5-6,8-9H,3-4H2,1-2H3;2*1H;2*1H3;;1H/q;;-2;;;;;+4;/p-2. The van der Waals surface area contributed by atoms with Gasteiger partial charge >= 0.3 is 34.5 Å². The quantitative estimate of drug-likeness (QED) is 0.187. The number of Topliss-reactive ketones (excluding diaryl/α,β-unsaturated/α-hetero) is 1. The van der Waals surface area contributed by atoms with Crippen LogP contribution in [0.25, 0.3) is 11.5 Å². The Labute approximate surface area is 253 Å². The van der Waals surface area contributed by atoms with Crippen molar-refractivity contribution in [2.24, 2.45) is 11.8 Å². The Morgan fingerprint density at radius 2 is 1.29 bits per heavy atom. The molecule has 222 valence electrons. The third-order valence-corrected chi connectivity index (χ3v) is 5.04. The number of aliphatic hydroxyl groups excluding tert-OH is 1. The van der Waals surface area contributed by atoms with Crippen LogP contribution in [0.1, 0.15) is 65.0 Å². The summed E-state index contributed by atoms with van der Waals surface area (Å²) in [5, 5.41) is 9.60. The van der Waals surface area contributed by atoms with Crippen molar-refractivity contribution in [1.29, 1.82) is 0 Å². The number of ether oxygens (including phenoxy) is 2. The number of halogens is 2. The van der Waals surface area contributed by atoms with Crippen molar-refractivity contribution >= 4 is 45.0 Å². The molecule has 0 amide bonds. The third kappa shape index (κ3) is 17.6. The van der Waals surface area contributed by atoms with E-state index in [2.05, 4.69) is 0 Å². The van der Waals surface area contributed by atoms with Gasteiger partial charge in [-0.2, -0.15) is 19.8 Å². The van der Waals surface area contributed by atoms with Gasteiger partial charge in [-0.3, -0.25) is 4.79 Å². The van der Waals surface area contributed by atoms with Crippen LogP contribution < -0.4 is 0 Å². The van der Waals surface area contributed by atoms with Gasteiger partial charge in [0.25, 0.3) is 0 Å². The molecular weight excluding hydrogens is 650 g/mol. The predicted octanol–water partition coefficient (Wildman–Crippen LogP) is 8.25. The summed E-state index contributed by atoms with van der Waals surface area (Å²) in [5.41, 5.74) is 16.1. The SMILES string of the molecule is CC(C)C(=O)c1ccccc1.CC(C)C(O)c1ccccc1.CC1(C)OC(C[NH-])C(C[NH-])O1.P.P.[Cl][Ru+2][Cl].[HH]. The Morgan fingerprint density at radius 1 is 0.921 bits per heavy atom. The van der Waals surface area contributed by atoms with Crippen molar-refractivity contribution in [3.05, 3.63) is 83.3 Å².